The molecule has 0 fully saturated rings. The van der Waals surface area contributed by atoms with Gasteiger partial charge < -0.3 is 5.11 Å². The molecular formula is C14H17NO4S. The third-order valence-electron chi connectivity index (χ3n) is 3.21. The van der Waals surface area contributed by atoms with Gasteiger partial charge in [0.25, 0.3) is 0 Å². The van der Waals surface area contributed by atoms with Gasteiger partial charge in [-0.15, -0.1) is 0 Å². The van der Waals surface area contributed by atoms with Crippen LogP contribution in [0.2, 0.25) is 0 Å². The maximum absolute atomic E-state index is 11.9. The van der Waals surface area contributed by atoms with Crippen LogP contribution in [-0.4, -0.2) is 26.0 Å². The zero-order valence-corrected chi connectivity index (χ0v) is 11.8. The van der Waals surface area contributed by atoms with Crippen molar-refractivity contribution >= 4 is 16.0 Å². The molecule has 1 aliphatic rings. The summed E-state index contributed by atoms with van der Waals surface area (Å²) in [6.45, 7) is 0.371. The van der Waals surface area contributed by atoms with Crippen molar-refractivity contribution in [3.8, 4) is 0 Å². The van der Waals surface area contributed by atoms with Gasteiger partial charge in [-0.3, -0.25) is 0 Å². The van der Waals surface area contributed by atoms with Gasteiger partial charge in [-0.2, -0.15) is 0 Å². The van der Waals surface area contributed by atoms with Gasteiger partial charge in [-0.1, -0.05) is 23.8 Å². The first-order valence-corrected chi connectivity index (χ1v) is 8.09. The molecule has 0 aromatic heterocycles. The number of nitrogens with one attached hydrogen (secondary N) is 1. The Balaban J connectivity index is 1.95. The Morgan fingerprint density at radius 2 is 1.95 bits per heavy atom. The van der Waals surface area contributed by atoms with E-state index in [9.17, 15) is 13.2 Å². The first-order valence-electron chi connectivity index (χ1n) is 6.44. The third-order valence-corrected chi connectivity index (χ3v) is 4.51. The van der Waals surface area contributed by atoms with Gasteiger partial charge >= 0.3 is 5.97 Å². The van der Waals surface area contributed by atoms with E-state index in [1.807, 2.05) is 0 Å². The Morgan fingerprint density at radius 1 is 1.25 bits per heavy atom. The molecule has 0 amide bonds. The molecule has 0 heterocycles. The van der Waals surface area contributed by atoms with E-state index in [0.29, 0.717) is 12.1 Å². The SMILES string of the molecule is O=C(O)c1ccc(CS(=O)(=O)NCC2=CCCC2)cc1. The van der Waals surface area contributed by atoms with E-state index in [4.69, 9.17) is 5.11 Å². The molecule has 0 spiro atoms. The summed E-state index contributed by atoms with van der Waals surface area (Å²) in [7, 11) is -3.39. The van der Waals surface area contributed by atoms with Crippen molar-refractivity contribution in [2.75, 3.05) is 6.54 Å². The molecule has 1 aromatic carbocycles. The summed E-state index contributed by atoms with van der Waals surface area (Å²) in [5.41, 5.74) is 1.85. The summed E-state index contributed by atoms with van der Waals surface area (Å²) in [6, 6.07) is 5.87. The van der Waals surface area contributed by atoms with Crippen LogP contribution in [-0.2, 0) is 15.8 Å². The monoisotopic (exact) mass is 295 g/mol. The van der Waals surface area contributed by atoms with E-state index in [0.717, 1.165) is 24.8 Å². The Labute approximate surface area is 118 Å². The van der Waals surface area contributed by atoms with Crippen LogP contribution in [0, 0.1) is 0 Å². The smallest absolute Gasteiger partial charge is 0.335 e. The van der Waals surface area contributed by atoms with Crippen molar-refractivity contribution in [3.05, 3.63) is 47.0 Å². The highest BCUT2D eigenvalue weighted by molar-refractivity contribution is 7.88. The number of hydrogen-bond donors (Lipinski definition) is 2. The normalized spacial score (nSPS) is 15.1. The lowest BCUT2D eigenvalue weighted by atomic mass is 10.1. The quantitative estimate of drug-likeness (QED) is 0.785. The van der Waals surface area contributed by atoms with Gasteiger partial charge in [-0.05, 0) is 37.0 Å². The van der Waals surface area contributed by atoms with E-state index >= 15 is 0 Å². The van der Waals surface area contributed by atoms with Crippen LogP contribution >= 0.6 is 0 Å². The second-order valence-corrected chi connectivity index (χ2v) is 6.64. The summed E-state index contributed by atoms with van der Waals surface area (Å²) in [6.07, 6.45) is 5.14. The Kier molecular flexibility index (Phi) is 4.57. The number of carboxylic acids is 1. The van der Waals surface area contributed by atoms with Gasteiger partial charge in [0.1, 0.15) is 0 Å². The van der Waals surface area contributed by atoms with Crippen LogP contribution in [0.1, 0.15) is 35.2 Å². The number of rotatable bonds is 6. The summed E-state index contributed by atoms with van der Waals surface area (Å²) in [4.78, 5) is 10.7. The fourth-order valence-electron chi connectivity index (χ4n) is 2.11. The standard InChI is InChI=1S/C14H17NO4S/c16-14(17)13-7-5-12(6-8-13)10-20(18,19)15-9-11-3-1-2-4-11/h3,5-8,15H,1-2,4,9-10H2,(H,16,17). The highest BCUT2D eigenvalue weighted by Crippen LogP contribution is 2.17. The van der Waals surface area contributed by atoms with Crippen molar-refractivity contribution in [1.29, 1.82) is 0 Å². The fraction of sp³-hybridized carbons (Fsp3) is 0.357. The highest BCUT2D eigenvalue weighted by atomic mass is 32.2. The lowest BCUT2D eigenvalue weighted by Gasteiger charge is -2.07. The lowest BCUT2D eigenvalue weighted by Crippen LogP contribution is -2.27. The first kappa shape index (κ1) is 14.7. The van der Waals surface area contributed by atoms with Crippen molar-refractivity contribution in [2.45, 2.75) is 25.0 Å². The zero-order chi connectivity index (χ0) is 14.6. The number of hydrogen-bond acceptors (Lipinski definition) is 3. The molecule has 0 saturated carbocycles. The number of sulfonamides is 1. The number of aromatic carboxylic acids is 1. The van der Waals surface area contributed by atoms with Gasteiger partial charge in [0.2, 0.25) is 10.0 Å². The maximum Gasteiger partial charge on any atom is 0.335 e. The van der Waals surface area contributed by atoms with E-state index in [2.05, 4.69) is 10.8 Å². The second-order valence-electron chi connectivity index (χ2n) is 4.84. The van der Waals surface area contributed by atoms with E-state index < -0.39 is 16.0 Å². The number of carbonyl (C=O) groups is 1. The molecular weight excluding hydrogens is 278 g/mol. The molecule has 5 nitrogen and oxygen atoms in total. The molecule has 0 unspecified atom stereocenters. The van der Waals surface area contributed by atoms with Crippen LogP contribution in [0.4, 0.5) is 0 Å². The molecule has 6 heteroatoms. The molecule has 0 bridgehead atoms. The summed E-state index contributed by atoms with van der Waals surface area (Å²) < 4.78 is 26.4. The van der Waals surface area contributed by atoms with Crippen molar-refractivity contribution in [3.63, 3.8) is 0 Å². The fourth-order valence-corrected chi connectivity index (χ4v) is 3.25. The minimum absolute atomic E-state index is 0.139. The van der Waals surface area contributed by atoms with E-state index in [-0.39, 0.29) is 11.3 Å². The summed E-state index contributed by atoms with van der Waals surface area (Å²) >= 11 is 0. The largest absolute Gasteiger partial charge is 0.478 e. The van der Waals surface area contributed by atoms with Crippen molar-refractivity contribution < 1.29 is 18.3 Å². The number of carboxylic acid groups (broad SMARTS) is 1. The predicted molar refractivity (Wildman–Crippen MR) is 76.0 cm³/mol. The molecule has 1 aromatic rings. The first-order chi connectivity index (χ1) is 9.46. The minimum atomic E-state index is -3.39. The predicted octanol–water partition coefficient (Wildman–Crippen LogP) is 1.91. The summed E-state index contributed by atoms with van der Waals surface area (Å²) in [5, 5.41) is 8.78. The molecule has 0 saturated heterocycles. The molecule has 0 aliphatic heterocycles. The molecule has 108 valence electrons. The van der Waals surface area contributed by atoms with Crippen LogP contribution in [0.25, 0.3) is 0 Å². The number of allylic oxidation sites excluding steroid dienone is 1. The molecule has 2 rings (SSSR count). The molecule has 0 atom stereocenters. The lowest BCUT2D eigenvalue weighted by molar-refractivity contribution is 0.0697. The topological polar surface area (TPSA) is 83.5 Å². The Bertz CT molecular complexity index is 617. The van der Waals surface area contributed by atoms with E-state index in [1.54, 1.807) is 0 Å². The molecule has 0 radical (unpaired) electrons. The molecule has 2 N–H and O–H groups in total. The number of benzene rings is 1. The second kappa shape index (κ2) is 6.19. The third kappa shape index (κ3) is 4.18. The van der Waals surface area contributed by atoms with Gasteiger partial charge in [-0.25, -0.2) is 17.9 Å². The average Bonchev–Trinajstić information content (AvgIpc) is 2.90. The van der Waals surface area contributed by atoms with Crippen LogP contribution in [0.15, 0.2) is 35.9 Å². The Morgan fingerprint density at radius 3 is 2.50 bits per heavy atom. The summed E-state index contributed by atoms with van der Waals surface area (Å²) in [5.74, 6) is -1.16. The van der Waals surface area contributed by atoms with Gasteiger partial charge in [0.15, 0.2) is 0 Å². The van der Waals surface area contributed by atoms with Crippen LogP contribution in [0.5, 0.6) is 0 Å². The van der Waals surface area contributed by atoms with Crippen LogP contribution in [0.3, 0.4) is 0 Å². The van der Waals surface area contributed by atoms with Crippen molar-refractivity contribution in [2.24, 2.45) is 0 Å². The minimum Gasteiger partial charge on any atom is -0.478 e. The van der Waals surface area contributed by atoms with Gasteiger partial charge in [0, 0.05) is 6.54 Å². The maximum atomic E-state index is 11.9. The zero-order valence-electron chi connectivity index (χ0n) is 11.0. The average molecular weight is 295 g/mol. The van der Waals surface area contributed by atoms with E-state index in [1.165, 1.54) is 24.3 Å². The highest BCUT2D eigenvalue weighted by Gasteiger charge is 2.13. The Hall–Kier alpha value is -1.66. The molecule has 20 heavy (non-hydrogen) atoms. The van der Waals surface area contributed by atoms with Crippen LogP contribution < -0.4 is 4.72 Å². The van der Waals surface area contributed by atoms with Crippen molar-refractivity contribution in [1.82, 2.24) is 4.72 Å². The van der Waals surface area contributed by atoms with Gasteiger partial charge in [0.05, 0.1) is 11.3 Å². The molecule has 1 aliphatic carbocycles.